The van der Waals surface area contributed by atoms with Crippen molar-refractivity contribution in [2.45, 2.75) is 121 Å². The number of rotatable bonds is 29. The summed E-state index contributed by atoms with van der Waals surface area (Å²) in [5, 5.41) is 26.5. The Labute approximate surface area is 283 Å². The average molecular weight is 677 g/mol. The van der Waals surface area contributed by atoms with E-state index < -0.39 is 30.1 Å². The van der Waals surface area contributed by atoms with Crippen molar-refractivity contribution in [3.8, 4) is 5.75 Å². The molecule has 0 bridgehead atoms. The molecular formula is C34H54N5O9. The fourth-order valence-electron chi connectivity index (χ4n) is 4.81. The van der Waals surface area contributed by atoms with Crippen LogP contribution in [0.4, 0.5) is 0 Å². The molecule has 269 valence electrons. The fraction of sp³-hybridized carbons (Fsp3) is 0.647. The van der Waals surface area contributed by atoms with Crippen molar-refractivity contribution in [2.24, 2.45) is 11.5 Å². The van der Waals surface area contributed by atoms with Crippen molar-refractivity contribution < 1.29 is 43.7 Å². The fourth-order valence-corrected chi connectivity index (χ4v) is 4.81. The van der Waals surface area contributed by atoms with Crippen molar-refractivity contribution in [1.29, 1.82) is 0 Å². The maximum Gasteiger partial charge on any atom is 0.335 e. The van der Waals surface area contributed by atoms with Crippen molar-refractivity contribution >= 4 is 35.9 Å². The molecule has 0 unspecified atom stereocenters. The van der Waals surface area contributed by atoms with E-state index in [0.717, 1.165) is 38.5 Å². The predicted octanol–water partition coefficient (Wildman–Crippen LogP) is 2.57. The monoisotopic (exact) mass is 676 g/mol. The highest BCUT2D eigenvalue weighted by Gasteiger charge is 2.21. The number of carbonyl (C=O) groups is 5. The SMILES string of the molecule is N[C@H]([C]=O)CCCCNC(=O)[C@@H](N)CCCCNC(=O)CC[C@H](NC(=O)CCCCCCCCCOc1cccc(C(=O)O)c1)C(=O)O. The lowest BCUT2D eigenvalue weighted by molar-refractivity contribution is -0.142. The molecule has 9 N–H and O–H groups in total. The van der Waals surface area contributed by atoms with Gasteiger partial charge < -0.3 is 42.4 Å². The summed E-state index contributed by atoms with van der Waals surface area (Å²) in [5.41, 5.74) is 11.6. The Hall–Kier alpha value is -4.04. The van der Waals surface area contributed by atoms with Crippen LogP contribution in [0.25, 0.3) is 0 Å². The molecule has 0 fully saturated rings. The summed E-state index contributed by atoms with van der Waals surface area (Å²) < 4.78 is 5.61. The zero-order valence-electron chi connectivity index (χ0n) is 27.9. The number of benzene rings is 1. The molecule has 0 aromatic heterocycles. The first kappa shape index (κ1) is 42.0. The Balaban J connectivity index is 2.07. The van der Waals surface area contributed by atoms with E-state index in [1.165, 1.54) is 12.1 Å². The number of aromatic carboxylic acids is 1. The average Bonchev–Trinajstić information content (AvgIpc) is 3.06. The summed E-state index contributed by atoms with van der Waals surface area (Å²) in [6.45, 7) is 1.32. The lowest BCUT2D eigenvalue weighted by atomic mass is 10.1. The number of hydrogen-bond donors (Lipinski definition) is 7. The van der Waals surface area contributed by atoms with Gasteiger partial charge >= 0.3 is 11.9 Å². The van der Waals surface area contributed by atoms with Crippen LogP contribution >= 0.6 is 0 Å². The minimum absolute atomic E-state index is 0.0218. The number of carbonyl (C=O) groups excluding carboxylic acids is 4. The Morgan fingerprint density at radius 3 is 2.06 bits per heavy atom. The highest BCUT2D eigenvalue weighted by atomic mass is 16.5. The smallest absolute Gasteiger partial charge is 0.335 e. The molecule has 1 aromatic rings. The third-order valence-electron chi connectivity index (χ3n) is 7.68. The number of nitrogens with one attached hydrogen (secondary N) is 3. The topological polar surface area (TPSA) is 240 Å². The molecule has 0 saturated heterocycles. The molecule has 14 nitrogen and oxygen atoms in total. The van der Waals surface area contributed by atoms with Gasteiger partial charge in [0.2, 0.25) is 24.0 Å². The second-order valence-electron chi connectivity index (χ2n) is 11.9. The van der Waals surface area contributed by atoms with Crippen molar-refractivity contribution in [3.05, 3.63) is 29.8 Å². The Morgan fingerprint density at radius 1 is 0.750 bits per heavy atom. The summed E-state index contributed by atoms with van der Waals surface area (Å²) in [6.07, 6.45) is 11.7. The van der Waals surface area contributed by atoms with Crippen LogP contribution in [-0.2, 0) is 24.0 Å². The van der Waals surface area contributed by atoms with E-state index in [1.807, 2.05) is 0 Å². The molecule has 14 heteroatoms. The van der Waals surface area contributed by atoms with E-state index >= 15 is 0 Å². The lowest BCUT2D eigenvalue weighted by Gasteiger charge is -2.15. The van der Waals surface area contributed by atoms with Crippen LogP contribution in [0, 0.1) is 0 Å². The highest BCUT2D eigenvalue weighted by molar-refractivity contribution is 5.88. The van der Waals surface area contributed by atoms with Crippen molar-refractivity contribution in [2.75, 3.05) is 19.7 Å². The first-order valence-corrected chi connectivity index (χ1v) is 16.9. The van der Waals surface area contributed by atoms with Gasteiger partial charge in [0.05, 0.1) is 24.3 Å². The molecule has 1 radical (unpaired) electrons. The lowest BCUT2D eigenvalue weighted by Crippen LogP contribution is -2.41. The van der Waals surface area contributed by atoms with Gasteiger partial charge in [-0.2, -0.15) is 0 Å². The molecule has 1 rings (SSSR count). The number of amides is 3. The standard InChI is InChI=1S/C34H54N5O9/c35-26(24-40)14-7-9-21-38-32(43)28(36)16-8-10-20-37-30(41)19-18-29(34(46)47)39-31(42)17-6-4-2-1-3-5-11-22-48-27-15-12-13-25(23-27)33(44)45/h12-13,15,23,26,28-29H,1-11,14,16-22,35-36H2,(H,37,41)(H,38,43)(H,39,42)(H,44,45)(H,46,47)/t26-,28-,29-/m0/s1. The van der Waals surface area contributed by atoms with Gasteiger partial charge in [0.1, 0.15) is 11.8 Å². The molecular weight excluding hydrogens is 622 g/mol. The second-order valence-corrected chi connectivity index (χ2v) is 11.9. The van der Waals surface area contributed by atoms with Gasteiger partial charge in [0.25, 0.3) is 0 Å². The quantitative estimate of drug-likeness (QED) is 0.0608. The summed E-state index contributed by atoms with van der Waals surface area (Å²) in [4.78, 5) is 69.5. The van der Waals surface area contributed by atoms with Crippen molar-refractivity contribution in [1.82, 2.24) is 16.0 Å². The van der Waals surface area contributed by atoms with Crippen LogP contribution < -0.4 is 32.2 Å². The number of unbranched alkanes of at least 4 members (excludes halogenated alkanes) is 8. The third-order valence-corrected chi connectivity index (χ3v) is 7.68. The van der Waals surface area contributed by atoms with E-state index in [1.54, 1.807) is 18.4 Å². The molecule has 0 aliphatic heterocycles. The molecule has 0 aliphatic rings. The van der Waals surface area contributed by atoms with Crippen LogP contribution in [0.2, 0.25) is 0 Å². The van der Waals surface area contributed by atoms with Crippen LogP contribution in [0.3, 0.4) is 0 Å². The first-order valence-electron chi connectivity index (χ1n) is 16.9. The minimum Gasteiger partial charge on any atom is -0.494 e. The first-order chi connectivity index (χ1) is 23.0. The number of nitrogens with two attached hydrogens (primary N) is 2. The summed E-state index contributed by atoms with van der Waals surface area (Å²) in [6, 6.07) is 3.99. The molecule has 3 amide bonds. The van der Waals surface area contributed by atoms with Crippen molar-refractivity contribution in [3.63, 3.8) is 0 Å². The highest BCUT2D eigenvalue weighted by Crippen LogP contribution is 2.15. The van der Waals surface area contributed by atoms with E-state index in [9.17, 15) is 33.9 Å². The molecule has 3 atom stereocenters. The molecule has 0 spiro atoms. The third kappa shape index (κ3) is 21.0. The molecule has 0 heterocycles. The minimum atomic E-state index is -1.19. The zero-order valence-corrected chi connectivity index (χ0v) is 27.9. The molecule has 0 saturated carbocycles. The van der Waals surface area contributed by atoms with E-state index in [0.29, 0.717) is 70.4 Å². The van der Waals surface area contributed by atoms with Crippen LogP contribution in [0.15, 0.2) is 24.3 Å². The van der Waals surface area contributed by atoms with E-state index in [4.69, 9.17) is 21.3 Å². The molecule has 0 aliphatic carbocycles. The summed E-state index contributed by atoms with van der Waals surface area (Å²) in [7, 11) is 0. The van der Waals surface area contributed by atoms with Gasteiger partial charge in [-0.15, -0.1) is 0 Å². The maximum atomic E-state index is 12.3. The number of carboxylic acids is 2. The predicted molar refractivity (Wildman–Crippen MR) is 180 cm³/mol. The largest absolute Gasteiger partial charge is 0.494 e. The normalized spacial score (nSPS) is 12.7. The number of carboxylic acid groups (broad SMARTS) is 2. The Bertz CT molecular complexity index is 1130. The van der Waals surface area contributed by atoms with Gasteiger partial charge in [0.15, 0.2) is 0 Å². The van der Waals surface area contributed by atoms with Crippen LogP contribution in [-0.4, -0.2) is 84.0 Å². The number of hydrogen-bond acceptors (Lipinski definition) is 9. The molecule has 1 aromatic carbocycles. The van der Waals surface area contributed by atoms with Gasteiger partial charge in [-0.3, -0.25) is 19.2 Å². The number of ether oxygens (including phenoxy) is 1. The maximum absolute atomic E-state index is 12.3. The van der Waals surface area contributed by atoms with Gasteiger partial charge in [-0.05, 0) is 76.0 Å². The van der Waals surface area contributed by atoms with Gasteiger partial charge in [-0.1, -0.05) is 38.2 Å². The van der Waals surface area contributed by atoms with Gasteiger partial charge in [0, 0.05) is 25.9 Å². The van der Waals surface area contributed by atoms with E-state index in [2.05, 4.69) is 16.0 Å². The summed E-state index contributed by atoms with van der Waals surface area (Å²) in [5.74, 6) is -2.57. The second kappa shape index (κ2) is 26.0. The van der Waals surface area contributed by atoms with E-state index in [-0.39, 0.29) is 42.5 Å². The van der Waals surface area contributed by atoms with Crippen LogP contribution in [0.5, 0.6) is 5.75 Å². The Morgan fingerprint density at radius 2 is 1.40 bits per heavy atom. The summed E-state index contributed by atoms with van der Waals surface area (Å²) >= 11 is 0. The van der Waals surface area contributed by atoms with Crippen LogP contribution in [0.1, 0.15) is 113 Å². The Kier molecular flexibility index (Phi) is 22.7. The zero-order chi connectivity index (χ0) is 35.6. The van der Waals surface area contributed by atoms with Gasteiger partial charge in [-0.25, -0.2) is 9.59 Å². The number of aliphatic carboxylic acids is 1. The molecule has 48 heavy (non-hydrogen) atoms.